The van der Waals surface area contributed by atoms with Crippen LogP contribution in [-0.2, 0) is 14.9 Å². The molecule has 0 amide bonds. The highest BCUT2D eigenvalue weighted by Crippen LogP contribution is 2.15. The Balaban J connectivity index is 2.80. The molecule has 1 aliphatic heterocycles. The van der Waals surface area contributed by atoms with Gasteiger partial charge in [0, 0.05) is 26.2 Å². The molecule has 0 aromatic rings. The van der Waals surface area contributed by atoms with E-state index in [1.54, 1.807) is 8.61 Å². The van der Waals surface area contributed by atoms with Crippen LogP contribution in [0.2, 0.25) is 0 Å². The zero-order valence-electron chi connectivity index (χ0n) is 11.9. The van der Waals surface area contributed by atoms with Crippen LogP contribution in [-0.4, -0.2) is 56.4 Å². The number of morpholine rings is 1. The van der Waals surface area contributed by atoms with E-state index >= 15 is 0 Å². The molecule has 0 saturated carbocycles. The summed E-state index contributed by atoms with van der Waals surface area (Å²) in [7, 11) is -3.33. The summed E-state index contributed by atoms with van der Waals surface area (Å²) in [5.41, 5.74) is 0. The molecule has 108 valence electrons. The second-order valence-electron chi connectivity index (χ2n) is 5.62. The van der Waals surface area contributed by atoms with Crippen LogP contribution in [0.15, 0.2) is 0 Å². The lowest BCUT2D eigenvalue weighted by Crippen LogP contribution is -2.50. The van der Waals surface area contributed by atoms with Gasteiger partial charge >= 0.3 is 0 Å². The quantitative estimate of drug-likeness (QED) is 0.733. The maximum Gasteiger partial charge on any atom is 0.282 e. The molecule has 0 atom stereocenters. The van der Waals surface area contributed by atoms with Gasteiger partial charge in [0.25, 0.3) is 10.2 Å². The first-order valence-corrected chi connectivity index (χ1v) is 8.06. The molecule has 0 unspecified atom stereocenters. The van der Waals surface area contributed by atoms with E-state index in [0.717, 1.165) is 0 Å². The summed E-state index contributed by atoms with van der Waals surface area (Å²) >= 11 is 0. The Labute approximate surface area is 111 Å². The van der Waals surface area contributed by atoms with Crippen molar-refractivity contribution in [1.82, 2.24) is 8.61 Å². The highest BCUT2D eigenvalue weighted by molar-refractivity contribution is 7.86. The molecule has 6 heteroatoms. The molecule has 1 aliphatic rings. The first kappa shape index (κ1) is 15.9. The van der Waals surface area contributed by atoms with Crippen molar-refractivity contribution in [2.45, 2.75) is 27.7 Å². The van der Waals surface area contributed by atoms with Crippen molar-refractivity contribution in [3.63, 3.8) is 0 Å². The summed E-state index contributed by atoms with van der Waals surface area (Å²) in [4.78, 5) is 0. The predicted octanol–water partition coefficient (Wildman–Crippen LogP) is 1.18. The van der Waals surface area contributed by atoms with Crippen LogP contribution in [0.25, 0.3) is 0 Å². The number of nitrogens with zero attached hydrogens (tertiary/aromatic N) is 2. The van der Waals surface area contributed by atoms with Crippen molar-refractivity contribution in [1.29, 1.82) is 0 Å². The summed E-state index contributed by atoms with van der Waals surface area (Å²) in [6.45, 7) is 11.3. The van der Waals surface area contributed by atoms with Crippen molar-refractivity contribution in [3.05, 3.63) is 0 Å². The van der Waals surface area contributed by atoms with E-state index < -0.39 is 10.2 Å². The van der Waals surface area contributed by atoms with Crippen molar-refractivity contribution < 1.29 is 13.2 Å². The van der Waals surface area contributed by atoms with Crippen molar-refractivity contribution >= 4 is 10.2 Å². The molecule has 0 spiro atoms. The topological polar surface area (TPSA) is 49.9 Å². The smallest absolute Gasteiger partial charge is 0.282 e. The zero-order chi connectivity index (χ0) is 13.8. The summed E-state index contributed by atoms with van der Waals surface area (Å²) in [6, 6.07) is 0. The monoisotopic (exact) mass is 278 g/mol. The average Bonchev–Trinajstić information content (AvgIpc) is 2.28. The van der Waals surface area contributed by atoms with Crippen LogP contribution in [0.5, 0.6) is 0 Å². The lowest BCUT2D eigenvalue weighted by atomic mass is 10.2. The van der Waals surface area contributed by atoms with Gasteiger partial charge in [0.1, 0.15) is 0 Å². The summed E-state index contributed by atoms with van der Waals surface area (Å²) in [5.74, 6) is 0.666. The molecule has 0 N–H and O–H groups in total. The fraction of sp³-hybridized carbons (Fsp3) is 1.00. The molecule has 1 saturated heterocycles. The Kier molecular flexibility index (Phi) is 6.04. The predicted molar refractivity (Wildman–Crippen MR) is 72.6 cm³/mol. The fourth-order valence-electron chi connectivity index (χ4n) is 2.02. The molecule has 0 aromatic heterocycles. The third kappa shape index (κ3) is 4.50. The summed E-state index contributed by atoms with van der Waals surface area (Å²) in [6.07, 6.45) is 0. The van der Waals surface area contributed by atoms with Gasteiger partial charge in [-0.15, -0.1) is 0 Å². The van der Waals surface area contributed by atoms with Gasteiger partial charge in [-0.1, -0.05) is 27.7 Å². The van der Waals surface area contributed by atoms with Gasteiger partial charge in [-0.25, -0.2) is 0 Å². The second-order valence-corrected chi connectivity index (χ2v) is 7.55. The van der Waals surface area contributed by atoms with Gasteiger partial charge in [0.15, 0.2) is 0 Å². The SMILES string of the molecule is CC(C)CN(CC(C)C)S(=O)(=O)N1CCOCC1. The van der Waals surface area contributed by atoms with Crippen LogP contribution in [0.1, 0.15) is 27.7 Å². The lowest BCUT2D eigenvalue weighted by Gasteiger charge is -2.33. The molecule has 1 fully saturated rings. The van der Waals surface area contributed by atoms with Gasteiger partial charge in [-0.3, -0.25) is 0 Å². The van der Waals surface area contributed by atoms with E-state index in [0.29, 0.717) is 51.2 Å². The minimum atomic E-state index is -3.33. The Bertz CT molecular complexity index is 325. The third-order valence-corrected chi connectivity index (χ3v) is 4.73. The molecule has 5 nitrogen and oxygen atoms in total. The van der Waals surface area contributed by atoms with Gasteiger partial charge < -0.3 is 4.74 Å². The molecular formula is C12H26N2O3S. The maximum atomic E-state index is 12.6. The van der Waals surface area contributed by atoms with Gasteiger partial charge in [0.05, 0.1) is 13.2 Å². The fourth-order valence-corrected chi connectivity index (χ4v) is 3.93. The van der Waals surface area contributed by atoms with E-state index in [1.807, 2.05) is 27.7 Å². The minimum Gasteiger partial charge on any atom is -0.379 e. The molecule has 18 heavy (non-hydrogen) atoms. The zero-order valence-corrected chi connectivity index (χ0v) is 12.7. The van der Waals surface area contributed by atoms with E-state index in [-0.39, 0.29) is 0 Å². The minimum absolute atomic E-state index is 0.333. The van der Waals surface area contributed by atoms with Gasteiger partial charge in [-0.2, -0.15) is 17.0 Å². The van der Waals surface area contributed by atoms with Crippen molar-refractivity contribution in [2.75, 3.05) is 39.4 Å². The Morgan fingerprint density at radius 2 is 1.50 bits per heavy atom. The Morgan fingerprint density at radius 3 is 1.89 bits per heavy atom. The molecule has 1 heterocycles. The van der Waals surface area contributed by atoms with Crippen LogP contribution in [0, 0.1) is 11.8 Å². The van der Waals surface area contributed by atoms with E-state index in [2.05, 4.69) is 0 Å². The van der Waals surface area contributed by atoms with Crippen molar-refractivity contribution in [3.8, 4) is 0 Å². The largest absolute Gasteiger partial charge is 0.379 e. The van der Waals surface area contributed by atoms with Crippen molar-refractivity contribution in [2.24, 2.45) is 11.8 Å². The second kappa shape index (κ2) is 6.84. The van der Waals surface area contributed by atoms with E-state index in [9.17, 15) is 8.42 Å². The average molecular weight is 278 g/mol. The summed E-state index contributed by atoms with van der Waals surface area (Å²) < 4.78 is 33.5. The molecule has 0 aromatic carbocycles. The van der Waals surface area contributed by atoms with Crippen LogP contribution in [0.3, 0.4) is 0 Å². The maximum absolute atomic E-state index is 12.6. The third-order valence-electron chi connectivity index (χ3n) is 2.76. The highest BCUT2D eigenvalue weighted by Gasteiger charge is 2.31. The molecular weight excluding hydrogens is 252 g/mol. The standard InChI is InChI=1S/C12H26N2O3S/c1-11(2)9-14(10-12(3)4)18(15,16)13-5-7-17-8-6-13/h11-12H,5-10H2,1-4H3. The van der Waals surface area contributed by atoms with Gasteiger partial charge in [0.2, 0.25) is 0 Å². The number of rotatable bonds is 6. The number of hydrogen-bond acceptors (Lipinski definition) is 3. The first-order chi connectivity index (χ1) is 8.34. The Morgan fingerprint density at radius 1 is 1.06 bits per heavy atom. The van der Waals surface area contributed by atoms with Crippen LogP contribution < -0.4 is 0 Å². The molecule has 0 bridgehead atoms. The molecule has 1 rings (SSSR count). The molecule has 0 radical (unpaired) electrons. The van der Waals surface area contributed by atoms with Gasteiger partial charge in [-0.05, 0) is 11.8 Å². The number of ether oxygens (including phenoxy) is 1. The van der Waals surface area contributed by atoms with E-state index in [1.165, 1.54) is 0 Å². The first-order valence-electron chi connectivity index (χ1n) is 6.67. The lowest BCUT2D eigenvalue weighted by molar-refractivity contribution is 0.0696. The Hall–Kier alpha value is -0.170. The highest BCUT2D eigenvalue weighted by atomic mass is 32.2. The normalized spacial score (nSPS) is 19.1. The van der Waals surface area contributed by atoms with Crippen LogP contribution in [0.4, 0.5) is 0 Å². The summed E-state index contributed by atoms with van der Waals surface area (Å²) in [5, 5.41) is 0. The number of hydrogen-bond donors (Lipinski definition) is 0. The van der Waals surface area contributed by atoms with E-state index in [4.69, 9.17) is 4.74 Å². The van der Waals surface area contributed by atoms with Crippen LogP contribution >= 0.6 is 0 Å². The molecule has 0 aliphatic carbocycles.